The minimum Gasteiger partial charge on any atom is -0.198 e. The first-order chi connectivity index (χ1) is 6.69. The van der Waals surface area contributed by atoms with Crippen LogP contribution in [0, 0.1) is 22.7 Å². The van der Waals surface area contributed by atoms with Crippen molar-refractivity contribution < 1.29 is 0 Å². The Morgan fingerprint density at radius 2 is 2.14 bits per heavy atom. The van der Waals surface area contributed by atoms with Crippen LogP contribution in [0.5, 0.6) is 0 Å². The molecule has 1 heterocycles. The van der Waals surface area contributed by atoms with Crippen LogP contribution in [0.3, 0.4) is 0 Å². The molecule has 0 aliphatic rings. The molecular weight excluding hydrogens is 192 g/mol. The Labute approximate surface area is 87.7 Å². The maximum absolute atomic E-state index is 8.68. The van der Waals surface area contributed by atoms with Gasteiger partial charge in [0.15, 0.2) is 0 Å². The Bertz CT molecular complexity index is 437. The summed E-state index contributed by atoms with van der Waals surface area (Å²) < 4.78 is 0. The fraction of sp³-hybridized carbons (Fsp3) is 0.273. The number of nitriles is 2. The maximum atomic E-state index is 8.68. The summed E-state index contributed by atoms with van der Waals surface area (Å²) in [6.07, 6.45) is 0.410. The van der Waals surface area contributed by atoms with Gasteiger partial charge in [-0.3, -0.25) is 0 Å². The smallest absolute Gasteiger partial charge is 0.100 e. The molecule has 0 fully saturated rings. The van der Waals surface area contributed by atoms with E-state index in [0.717, 1.165) is 16.0 Å². The van der Waals surface area contributed by atoms with E-state index >= 15 is 0 Å². The van der Waals surface area contributed by atoms with E-state index < -0.39 is 0 Å². The van der Waals surface area contributed by atoms with Crippen molar-refractivity contribution in [3.8, 4) is 12.1 Å². The summed E-state index contributed by atoms with van der Waals surface area (Å²) in [7, 11) is 0. The Balaban J connectivity index is 3.10. The van der Waals surface area contributed by atoms with Crippen molar-refractivity contribution in [2.75, 3.05) is 0 Å². The molecule has 0 saturated heterocycles. The molecule has 14 heavy (non-hydrogen) atoms. The number of hydrogen-bond acceptors (Lipinski definition) is 3. The second-order valence-corrected chi connectivity index (χ2v) is 4.04. The van der Waals surface area contributed by atoms with Crippen LogP contribution in [0.25, 0.3) is 5.57 Å². The number of nitrogens with zero attached hydrogens (tertiary/aromatic N) is 2. The summed E-state index contributed by atoms with van der Waals surface area (Å²) in [5, 5.41) is 19.2. The van der Waals surface area contributed by atoms with Crippen molar-refractivity contribution in [2.45, 2.75) is 20.3 Å². The molecule has 0 saturated carbocycles. The zero-order valence-electron chi connectivity index (χ0n) is 8.16. The van der Waals surface area contributed by atoms with Crippen LogP contribution in [0.2, 0.25) is 0 Å². The fourth-order valence-electron chi connectivity index (χ4n) is 1.14. The van der Waals surface area contributed by atoms with E-state index in [1.54, 1.807) is 0 Å². The molecule has 0 aromatic carbocycles. The molecule has 0 bridgehead atoms. The van der Waals surface area contributed by atoms with Crippen LogP contribution in [0.1, 0.15) is 30.7 Å². The summed E-state index contributed by atoms with van der Waals surface area (Å²) in [4.78, 5) is 1.03. The first-order valence-corrected chi connectivity index (χ1v) is 5.09. The van der Waals surface area contributed by atoms with Gasteiger partial charge in [0.1, 0.15) is 6.07 Å². The molecule has 0 atom stereocenters. The molecule has 1 rings (SSSR count). The lowest BCUT2D eigenvalue weighted by molar-refractivity contribution is 1.30. The topological polar surface area (TPSA) is 47.6 Å². The van der Waals surface area contributed by atoms with Crippen LogP contribution < -0.4 is 0 Å². The summed E-state index contributed by atoms with van der Waals surface area (Å²) in [6, 6.07) is 6.07. The number of rotatable bonds is 2. The number of thiophene rings is 1. The molecule has 0 radical (unpaired) electrons. The average Bonchev–Trinajstić information content (AvgIpc) is 2.61. The Hall–Kier alpha value is -1.58. The highest BCUT2D eigenvalue weighted by Gasteiger charge is 2.06. The van der Waals surface area contributed by atoms with Crippen LogP contribution >= 0.6 is 11.3 Å². The lowest BCUT2D eigenvalue weighted by Gasteiger charge is -2.01. The highest BCUT2D eigenvalue weighted by molar-refractivity contribution is 7.11. The zero-order valence-corrected chi connectivity index (χ0v) is 8.98. The third-order valence-electron chi connectivity index (χ3n) is 1.89. The van der Waals surface area contributed by atoms with Crippen molar-refractivity contribution in [2.24, 2.45) is 0 Å². The Morgan fingerprint density at radius 1 is 1.43 bits per heavy atom. The molecule has 0 N–H and O–H groups in total. The molecule has 0 aliphatic heterocycles. The maximum Gasteiger partial charge on any atom is 0.100 e. The van der Waals surface area contributed by atoms with Gasteiger partial charge < -0.3 is 0 Å². The van der Waals surface area contributed by atoms with Gasteiger partial charge in [0.25, 0.3) is 0 Å². The van der Waals surface area contributed by atoms with E-state index in [9.17, 15) is 0 Å². The van der Waals surface area contributed by atoms with Crippen molar-refractivity contribution in [3.63, 3.8) is 0 Å². The van der Waals surface area contributed by atoms with E-state index in [1.165, 1.54) is 11.3 Å². The summed E-state index contributed by atoms with van der Waals surface area (Å²) in [5.74, 6) is 0. The monoisotopic (exact) mass is 202 g/mol. The third kappa shape index (κ3) is 2.22. The summed E-state index contributed by atoms with van der Waals surface area (Å²) in [5.41, 5.74) is 2.85. The van der Waals surface area contributed by atoms with Gasteiger partial charge in [-0.2, -0.15) is 10.5 Å². The van der Waals surface area contributed by atoms with Gasteiger partial charge in [-0.05, 0) is 25.5 Å². The predicted octanol–water partition coefficient (Wildman–Crippen LogP) is 3.33. The second kappa shape index (κ2) is 4.60. The zero-order chi connectivity index (χ0) is 10.6. The highest BCUT2D eigenvalue weighted by Crippen LogP contribution is 2.27. The first-order valence-electron chi connectivity index (χ1n) is 4.21. The van der Waals surface area contributed by atoms with E-state index in [-0.39, 0.29) is 0 Å². The van der Waals surface area contributed by atoms with Gasteiger partial charge in [-0.1, -0.05) is 5.57 Å². The van der Waals surface area contributed by atoms with Crippen molar-refractivity contribution >= 4 is 16.9 Å². The fourth-order valence-corrected chi connectivity index (χ4v) is 2.13. The van der Waals surface area contributed by atoms with Crippen LogP contribution in [0.4, 0.5) is 0 Å². The Morgan fingerprint density at radius 3 is 2.57 bits per heavy atom. The first kappa shape index (κ1) is 10.5. The molecule has 0 unspecified atom stereocenters. The minimum atomic E-state index is 0.410. The van der Waals surface area contributed by atoms with Gasteiger partial charge in [0.05, 0.1) is 18.1 Å². The van der Waals surface area contributed by atoms with Gasteiger partial charge in [-0.15, -0.1) is 11.3 Å². The van der Waals surface area contributed by atoms with E-state index in [0.29, 0.717) is 12.0 Å². The molecule has 0 spiro atoms. The second-order valence-electron chi connectivity index (χ2n) is 3.12. The van der Waals surface area contributed by atoms with E-state index in [4.69, 9.17) is 10.5 Å². The van der Waals surface area contributed by atoms with E-state index in [1.807, 2.05) is 25.3 Å². The van der Waals surface area contributed by atoms with Gasteiger partial charge in [0, 0.05) is 10.3 Å². The largest absolute Gasteiger partial charge is 0.198 e. The molecule has 70 valence electrons. The summed E-state index contributed by atoms with van der Waals surface area (Å²) in [6.45, 7) is 3.97. The standard InChI is InChI=1S/C11H10N2S/c1-8(2)10(3-4-12)11-5-9(6-13)7-14-11/h5,7H,3H2,1-2H3. The molecular formula is C11H10N2S. The lowest BCUT2D eigenvalue weighted by atomic mass is 10.1. The molecule has 0 amide bonds. The normalized spacial score (nSPS) is 8.86. The van der Waals surface area contributed by atoms with Gasteiger partial charge in [0.2, 0.25) is 0 Å². The van der Waals surface area contributed by atoms with Crippen molar-refractivity contribution in [1.82, 2.24) is 0 Å². The summed E-state index contributed by atoms with van der Waals surface area (Å²) >= 11 is 1.52. The predicted molar refractivity (Wildman–Crippen MR) is 57.5 cm³/mol. The van der Waals surface area contributed by atoms with E-state index in [2.05, 4.69) is 12.1 Å². The highest BCUT2D eigenvalue weighted by atomic mass is 32.1. The molecule has 1 aromatic rings. The van der Waals surface area contributed by atoms with Gasteiger partial charge in [-0.25, -0.2) is 0 Å². The molecule has 0 aliphatic carbocycles. The molecule has 3 heteroatoms. The average molecular weight is 202 g/mol. The minimum absolute atomic E-state index is 0.410. The Kier molecular flexibility index (Phi) is 3.45. The van der Waals surface area contributed by atoms with Crippen LogP contribution in [-0.4, -0.2) is 0 Å². The van der Waals surface area contributed by atoms with Crippen LogP contribution in [0.15, 0.2) is 17.0 Å². The van der Waals surface area contributed by atoms with Crippen molar-refractivity contribution in [3.05, 3.63) is 27.5 Å². The SMILES string of the molecule is CC(C)=C(CC#N)c1cc(C#N)cs1. The van der Waals surface area contributed by atoms with Crippen molar-refractivity contribution in [1.29, 1.82) is 10.5 Å². The molecule has 2 nitrogen and oxygen atoms in total. The quantitative estimate of drug-likeness (QED) is 0.738. The number of hydrogen-bond donors (Lipinski definition) is 0. The molecule has 1 aromatic heterocycles. The number of allylic oxidation sites excluding steroid dienone is 2. The van der Waals surface area contributed by atoms with Crippen LogP contribution in [-0.2, 0) is 0 Å². The lowest BCUT2D eigenvalue weighted by Crippen LogP contribution is -1.82. The third-order valence-corrected chi connectivity index (χ3v) is 2.88. The van der Waals surface area contributed by atoms with Gasteiger partial charge >= 0.3 is 0 Å².